The molecule has 0 spiro atoms. The molecule has 2 N–H and O–H groups in total. The van der Waals surface area contributed by atoms with Crippen molar-refractivity contribution >= 4 is 12.4 Å². The summed E-state index contributed by atoms with van der Waals surface area (Å²) in [7, 11) is 0. The van der Waals surface area contributed by atoms with Crippen LogP contribution >= 0.6 is 12.4 Å². The summed E-state index contributed by atoms with van der Waals surface area (Å²) in [5.74, 6) is 0.337. The molecule has 2 nitrogen and oxygen atoms in total. The van der Waals surface area contributed by atoms with Crippen molar-refractivity contribution in [1.82, 2.24) is 5.32 Å². The lowest BCUT2D eigenvalue weighted by Gasteiger charge is -2.10. The minimum absolute atomic E-state index is 0. The summed E-state index contributed by atoms with van der Waals surface area (Å²) in [6.07, 6.45) is 1.12. The Labute approximate surface area is 91.8 Å². The highest BCUT2D eigenvalue weighted by Gasteiger charge is 1.98. The van der Waals surface area contributed by atoms with Crippen molar-refractivity contribution in [3.63, 3.8) is 0 Å². The van der Waals surface area contributed by atoms with Crippen LogP contribution in [0, 0.1) is 0 Å². The lowest BCUT2D eigenvalue weighted by Crippen LogP contribution is -2.24. The fourth-order valence-electron chi connectivity index (χ4n) is 1.10. The van der Waals surface area contributed by atoms with Crippen LogP contribution in [0.5, 0.6) is 5.75 Å². The molecule has 1 rings (SSSR count). The Morgan fingerprint density at radius 1 is 1.43 bits per heavy atom. The molecule has 0 aliphatic carbocycles. The van der Waals surface area contributed by atoms with E-state index >= 15 is 0 Å². The van der Waals surface area contributed by atoms with E-state index in [-0.39, 0.29) is 12.4 Å². The molecule has 1 aromatic rings. The molecule has 1 unspecified atom stereocenters. The average Bonchev–Trinajstić information content (AvgIpc) is 2.14. The minimum atomic E-state index is 0. The molecule has 0 fully saturated rings. The van der Waals surface area contributed by atoms with E-state index in [9.17, 15) is 5.11 Å². The van der Waals surface area contributed by atoms with E-state index in [1.807, 2.05) is 12.1 Å². The van der Waals surface area contributed by atoms with E-state index in [0.717, 1.165) is 18.5 Å². The predicted molar refractivity (Wildman–Crippen MR) is 61.9 cm³/mol. The molecular formula is C11H18ClNO. The summed E-state index contributed by atoms with van der Waals surface area (Å²) in [5, 5.41) is 12.6. The topological polar surface area (TPSA) is 32.3 Å². The molecule has 14 heavy (non-hydrogen) atoms. The van der Waals surface area contributed by atoms with Crippen molar-refractivity contribution in [1.29, 1.82) is 0 Å². The van der Waals surface area contributed by atoms with Crippen molar-refractivity contribution in [2.45, 2.75) is 32.9 Å². The first kappa shape index (κ1) is 13.3. The van der Waals surface area contributed by atoms with Crippen LogP contribution in [0.4, 0.5) is 0 Å². The third-order valence-electron chi connectivity index (χ3n) is 2.18. The number of rotatable bonds is 4. The number of hydrogen-bond donors (Lipinski definition) is 2. The molecule has 0 aliphatic rings. The second-order valence-corrected chi connectivity index (χ2v) is 3.36. The molecule has 3 heteroatoms. The fourth-order valence-corrected chi connectivity index (χ4v) is 1.10. The SMILES string of the molecule is CCC(C)NCc1cccc(O)c1.Cl. The first-order chi connectivity index (χ1) is 6.22. The second-order valence-electron chi connectivity index (χ2n) is 3.36. The number of benzene rings is 1. The summed E-state index contributed by atoms with van der Waals surface area (Å²) in [4.78, 5) is 0. The fraction of sp³-hybridized carbons (Fsp3) is 0.455. The van der Waals surface area contributed by atoms with Gasteiger partial charge in [-0.15, -0.1) is 12.4 Å². The molecule has 1 atom stereocenters. The molecular weight excluding hydrogens is 198 g/mol. The van der Waals surface area contributed by atoms with Crippen LogP contribution in [-0.4, -0.2) is 11.1 Å². The minimum Gasteiger partial charge on any atom is -0.508 e. The molecule has 0 saturated carbocycles. The Bertz CT molecular complexity index is 265. The molecule has 1 aromatic carbocycles. The summed E-state index contributed by atoms with van der Waals surface area (Å²) in [6.45, 7) is 5.13. The molecule has 0 bridgehead atoms. The van der Waals surface area contributed by atoms with Gasteiger partial charge in [-0.25, -0.2) is 0 Å². The average molecular weight is 216 g/mol. The maximum Gasteiger partial charge on any atom is 0.115 e. The Morgan fingerprint density at radius 3 is 2.71 bits per heavy atom. The van der Waals surface area contributed by atoms with Gasteiger partial charge in [0.25, 0.3) is 0 Å². The van der Waals surface area contributed by atoms with Crippen molar-refractivity contribution in [3.8, 4) is 5.75 Å². The molecule has 0 aliphatic heterocycles. The summed E-state index contributed by atoms with van der Waals surface area (Å²) in [6, 6.07) is 7.88. The van der Waals surface area contributed by atoms with Gasteiger partial charge in [-0.2, -0.15) is 0 Å². The van der Waals surface area contributed by atoms with Crippen LogP contribution in [0.1, 0.15) is 25.8 Å². The molecule has 80 valence electrons. The van der Waals surface area contributed by atoms with Crippen LogP contribution in [0.25, 0.3) is 0 Å². The Morgan fingerprint density at radius 2 is 2.14 bits per heavy atom. The summed E-state index contributed by atoms with van der Waals surface area (Å²) < 4.78 is 0. The van der Waals surface area contributed by atoms with E-state index in [0.29, 0.717) is 11.8 Å². The largest absolute Gasteiger partial charge is 0.508 e. The standard InChI is InChI=1S/C11H17NO.ClH/c1-3-9(2)12-8-10-5-4-6-11(13)7-10;/h4-7,9,12-13H,3,8H2,1-2H3;1H. The van der Waals surface area contributed by atoms with Crippen LogP contribution in [0.15, 0.2) is 24.3 Å². The van der Waals surface area contributed by atoms with Gasteiger partial charge in [-0.05, 0) is 31.0 Å². The van der Waals surface area contributed by atoms with Gasteiger partial charge in [0.15, 0.2) is 0 Å². The van der Waals surface area contributed by atoms with Gasteiger partial charge < -0.3 is 10.4 Å². The van der Waals surface area contributed by atoms with E-state index in [1.165, 1.54) is 0 Å². The smallest absolute Gasteiger partial charge is 0.115 e. The van der Waals surface area contributed by atoms with Crippen LogP contribution < -0.4 is 5.32 Å². The molecule has 0 radical (unpaired) electrons. The lowest BCUT2D eigenvalue weighted by molar-refractivity contribution is 0.473. The maximum atomic E-state index is 9.21. The van der Waals surface area contributed by atoms with Gasteiger partial charge in [0.05, 0.1) is 0 Å². The third-order valence-corrected chi connectivity index (χ3v) is 2.18. The molecule has 0 amide bonds. The van der Waals surface area contributed by atoms with Crippen molar-refractivity contribution in [2.75, 3.05) is 0 Å². The highest BCUT2D eigenvalue weighted by Crippen LogP contribution is 2.10. The Hall–Kier alpha value is -0.730. The van der Waals surface area contributed by atoms with Crippen molar-refractivity contribution < 1.29 is 5.11 Å². The zero-order chi connectivity index (χ0) is 9.68. The summed E-state index contributed by atoms with van der Waals surface area (Å²) >= 11 is 0. The first-order valence-corrected chi connectivity index (χ1v) is 4.73. The van der Waals surface area contributed by atoms with E-state index in [4.69, 9.17) is 0 Å². The van der Waals surface area contributed by atoms with Crippen LogP contribution in [0.3, 0.4) is 0 Å². The van der Waals surface area contributed by atoms with Crippen molar-refractivity contribution in [2.24, 2.45) is 0 Å². The number of nitrogens with one attached hydrogen (secondary N) is 1. The molecule has 0 heterocycles. The predicted octanol–water partition coefficient (Wildman–Crippen LogP) is 2.70. The Kier molecular flexibility index (Phi) is 6.34. The van der Waals surface area contributed by atoms with Gasteiger partial charge in [0.1, 0.15) is 5.75 Å². The quantitative estimate of drug-likeness (QED) is 0.810. The van der Waals surface area contributed by atoms with Gasteiger partial charge in [0.2, 0.25) is 0 Å². The number of hydrogen-bond acceptors (Lipinski definition) is 2. The van der Waals surface area contributed by atoms with E-state index < -0.39 is 0 Å². The zero-order valence-electron chi connectivity index (χ0n) is 8.66. The first-order valence-electron chi connectivity index (χ1n) is 4.73. The van der Waals surface area contributed by atoms with E-state index in [1.54, 1.807) is 12.1 Å². The van der Waals surface area contributed by atoms with Crippen LogP contribution in [0.2, 0.25) is 0 Å². The number of phenols is 1. The normalized spacial score (nSPS) is 11.9. The number of halogens is 1. The van der Waals surface area contributed by atoms with Gasteiger partial charge in [-0.1, -0.05) is 19.1 Å². The highest BCUT2D eigenvalue weighted by molar-refractivity contribution is 5.85. The number of phenolic OH excluding ortho intramolecular Hbond substituents is 1. The second kappa shape index (κ2) is 6.68. The van der Waals surface area contributed by atoms with Gasteiger partial charge >= 0.3 is 0 Å². The lowest BCUT2D eigenvalue weighted by atomic mass is 10.2. The third kappa shape index (κ3) is 4.49. The zero-order valence-corrected chi connectivity index (χ0v) is 9.47. The molecule has 0 saturated heterocycles. The number of aromatic hydroxyl groups is 1. The monoisotopic (exact) mass is 215 g/mol. The van der Waals surface area contributed by atoms with Crippen molar-refractivity contribution in [3.05, 3.63) is 29.8 Å². The van der Waals surface area contributed by atoms with Gasteiger partial charge in [0, 0.05) is 12.6 Å². The Balaban J connectivity index is 0.00000169. The van der Waals surface area contributed by atoms with Crippen LogP contribution in [-0.2, 0) is 6.54 Å². The van der Waals surface area contributed by atoms with Gasteiger partial charge in [-0.3, -0.25) is 0 Å². The highest BCUT2D eigenvalue weighted by atomic mass is 35.5. The summed E-state index contributed by atoms with van der Waals surface area (Å²) in [5.41, 5.74) is 1.13. The molecule has 0 aromatic heterocycles. The maximum absolute atomic E-state index is 9.21. The van der Waals surface area contributed by atoms with E-state index in [2.05, 4.69) is 19.2 Å².